The molecule has 1 aliphatic rings. The largest absolute Gasteiger partial charge is 0.417 e. The van der Waals surface area contributed by atoms with E-state index < -0.39 is 39.3 Å². The zero-order valence-corrected chi connectivity index (χ0v) is 16.2. The third-order valence-corrected chi connectivity index (χ3v) is 6.55. The van der Waals surface area contributed by atoms with Crippen LogP contribution in [-0.2, 0) is 21.0 Å². The smallest absolute Gasteiger partial charge is 0.368 e. The Morgan fingerprint density at radius 2 is 2.00 bits per heavy atom. The first kappa shape index (κ1) is 21.5. The minimum Gasteiger partial charge on any atom is -0.368 e. The number of piperazine rings is 1. The van der Waals surface area contributed by atoms with Gasteiger partial charge in [-0.05, 0) is 30.3 Å². The molecule has 3 rings (SSSR count). The third-order valence-electron chi connectivity index (χ3n) is 4.70. The maximum atomic E-state index is 13.3. The number of halogens is 3. The number of nitrogens with two attached hydrogens (primary N) is 1. The lowest BCUT2D eigenvalue weighted by molar-refractivity contribution is -0.137. The van der Waals surface area contributed by atoms with E-state index in [4.69, 9.17) is 11.0 Å². The average molecular weight is 439 g/mol. The van der Waals surface area contributed by atoms with Gasteiger partial charge < -0.3 is 10.6 Å². The maximum absolute atomic E-state index is 13.3. The molecule has 1 aliphatic heterocycles. The van der Waals surface area contributed by atoms with E-state index in [1.54, 1.807) is 0 Å². The molecule has 0 aliphatic carbocycles. The van der Waals surface area contributed by atoms with Gasteiger partial charge in [-0.2, -0.15) is 22.7 Å². The summed E-state index contributed by atoms with van der Waals surface area (Å²) in [5.74, 6) is -0.890. The van der Waals surface area contributed by atoms with E-state index in [-0.39, 0.29) is 30.2 Å². The summed E-state index contributed by atoms with van der Waals surface area (Å²) in [7, 11) is -3.96. The van der Waals surface area contributed by atoms with Crippen LogP contribution in [0.4, 0.5) is 18.9 Å². The maximum Gasteiger partial charge on any atom is 0.417 e. The number of amides is 1. The Bertz CT molecular complexity index is 1100. The lowest BCUT2D eigenvalue weighted by Gasteiger charge is -2.40. The van der Waals surface area contributed by atoms with Gasteiger partial charge in [0.1, 0.15) is 10.9 Å². The molecule has 2 heterocycles. The summed E-state index contributed by atoms with van der Waals surface area (Å²) in [5.41, 5.74) is 3.75. The predicted molar refractivity (Wildman–Crippen MR) is 99.5 cm³/mol. The number of nitrogens with zero attached hydrogens (tertiary/aromatic N) is 4. The van der Waals surface area contributed by atoms with Crippen molar-refractivity contribution in [2.75, 3.05) is 24.5 Å². The van der Waals surface area contributed by atoms with Crippen LogP contribution in [0.15, 0.2) is 47.6 Å². The van der Waals surface area contributed by atoms with Crippen LogP contribution in [0.5, 0.6) is 0 Å². The second kappa shape index (κ2) is 7.92. The lowest BCUT2D eigenvalue weighted by atomic mass is 10.0. The highest BCUT2D eigenvalue weighted by atomic mass is 32.2. The number of benzene rings is 1. The minimum absolute atomic E-state index is 0.0172. The number of primary amides is 1. The summed E-state index contributed by atoms with van der Waals surface area (Å²) in [5, 5.41) is 8.94. The number of anilines is 1. The van der Waals surface area contributed by atoms with Crippen molar-refractivity contribution in [3.63, 3.8) is 0 Å². The number of aromatic nitrogens is 1. The van der Waals surface area contributed by atoms with E-state index in [0.29, 0.717) is 0 Å². The number of hydrogen-bond acceptors (Lipinski definition) is 6. The zero-order valence-electron chi connectivity index (χ0n) is 15.4. The first-order chi connectivity index (χ1) is 14.1. The van der Waals surface area contributed by atoms with E-state index in [2.05, 4.69) is 4.98 Å². The van der Waals surface area contributed by atoms with Gasteiger partial charge in [0.25, 0.3) is 0 Å². The Morgan fingerprint density at radius 3 is 2.57 bits per heavy atom. The Labute approximate surface area is 170 Å². The summed E-state index contributed by atoms with van der Waals surface area (Å²) in [6.45, 7) is -0.493. The van der Waals surface area contributed by atoms with Crippen molar-refractivity contribution in [2.45, 2.75) is 17.1 Å². The summed E-state index contributed by atoms with van der Waals surface area (Å²) >= 11 is 0. The fourth-order valence-electron chi connectivity index (χ4n) is 3.22. The molecule has 8 nitrogen and oxygen atoms in total. The number of rotatable bonds is 4. The average Bonchev–Trinajstić information content (AvgIpc) is 2.72. The number of hydrogen-bond donors (Lipinski definition) is 1. The molecule has 1 saturated heterocycles. The van der Waals surface area contributed by atoms with Gasteiger partial charge >= 0.3 is 6.18 Å². The summed E-state index contributed by atoms with van der Waals surface area (Å²) in [6, 6.07) is 6.14. The Balaban J connectivity index is 1.95. The molecule has 1 aromatic heterocycles. The molecule has 1 atom stereocenters. The summed E-state index contributed by atoms with van der Waals surface area (Å²) in [4.78, 5) is 17.0. The van der Waals surface area contributed by atoms with E-state index in [1.165, 1.54) is 35.4 Å². The van der Waals surface area contributed by atoms with Crippen LogP contribution in [-0.4, -0.2) is 49.3 Å². The Hall–Kier alpha value is -3.17. The summed E-state index contributed by atoms with van der Waals surface area (Å²) < 4.78 is 66.5. The molecule has 0 bridgehead atoms. The quantitative estimate of drug-likeness (QED) is 0.768. The molecule has 1 aromatic carbocycles. The molecule has 0 radical (unpaired) electrons. The number of carbonyl (C=O) groups excluding carboxylic acids is 1. The molecule has 1 amide bonds. The van der Waals surface area contributed by atoms with Gasteiger partial charge in [-0.25, -0.2) is 8.42 Å². The van der Waals surface area contributed by atoms with Crippen molar-refractivity contribution in [1.29, 1.82) is 5.26 Å². The first-order valence-electron chi connectivity index (χ1n) is 8.63. The molecule has 30 heavy (non-hydrogen) atoms. The highest BCUT2D eigenvalue weighted by Gasteiger charge is 2.39. The van der Waals surface area contributed by atoms with Gasteiger partial charge in [0.2, 0.25) is 15.9 Å². The highest BCUT2D eigenvalue weighted by Crippen LogP contribution is 2.35. The molecule has 12 heteroatoms. The number of nitriles is 1. The van der Waals surface area contributed by atoms with E-state index in [9.17, 15) is 26.4 Å². The van der Waals surface area contributed by atoms with Crippen molar-refractivity contribution in [3.8, 4) is 6.07 Å². The van der Waals surface area contributed by atoms with Gasteiger partial charge in [-0.1, -0.05) is 0 Å². The molecule has 1 fully saturated rings. The van der Waals surface area contributed by atoms with Crippen LogP contribution < -0.4 is 10.6 Å². The fraction of sp³-hybridized carbons (Fsp3) is 0.278. The molecule has 2 aromatic rings. The van der Waals surface area contributed by atoms with Crippen LogP contribution in [0.1, 0.15) is 11.1 Å². The van der Waals surface area contributed by atoms with Crippen LogP contribution in [0.3, 0.4) is 0 Å². The number of alkyl halides is 3. The van der Waals surface area contributed by atoms with E-state index in [1.807, 2.05) is 0 Å². The molecule has 1 unspecified atom stereocenters. The van der Waals surface area contributed by atoms with Crippen molar-refractivity contribution in [2.24, 2.45) is 5.73 Å². The van der Waals surface area contributed by atoms with Crippen LogP contribution >= 0.6 is 0 Å². The molecule has 0 spiro atoms. The highest BCUT2D eigenvalue weighted by molar-refractivity contribution is 7.89. The van der Waals surface area contributed by atoms with E-state index >= 15 is 0 Å². The SMILES string of the molecule is N#Cc1ccc(N2CCN(S(=O)(=O)c3cccnc3)CC2C(N)=O)cc1C(F)(F)F. The standard InChI is InChI=1S/C18H16F3N5O3S/c19-18(20,21)15-8-13(4-3-12(15)9-22)26-7-6-25(11-16(26)17(23)27)30(28,29)14-2-1-5-24-10-14/h1-5,8,10,16H,6-7,11H2,(H2,23,27). The van der Waals surface area contributed by atoms with Crippen molar-refractivity contribution in [1.82, 2.24) is 9.29 Å². The van der Waals surface area contributed by atoms with Crippen LogP contribution in [0.2, 0.25) is 0 Å². The van der Waals surface area contributed by atoms with Crippen molar-refractivity contribution < 1.29 is 26.4 Å². The fourth-order valence-corrected chi connectivity index (χ4v) is 4.62. The molecule has 158 valence electrons. The predicted octanol–water partition coefficient (Wildman–Crippen LogP) is 1.34. The van der Waals surface area contributed by atoms with Crippen molar-refractivity contribution >= 4 is 21.6 Å². The van der Waals surface area contributed by atoms with Crippen LogP contribution in [0.25, 0.3) is 0 Å². The second-order valence-electron chi connectivity index (χ2n) is 6.50. The second-order valence-corrected chi connectivity index (χ2v) is 8.44. The topological polar surface area (TPSA) is 120 Å². The Kier molecular flexibility index (Phi) is 5.69. The van der Waals surface area contributed by atoms with E-state index in [0.717, 1.165) is 22.6 Å². The third kappa shape index (κ3) is 4.07. The van der Waals surface area contributed by atoms with Gasteiger partial charge in [0, 0.05) is 37.7 Å². The van der Waals surface area contributed by atoms with Gasteiger partial charge in [-0.3, -0.25) is 9.78 Å². The monoisotopic (exact) mass is 439 g/mol. The van der Waals surface area contributed by atoms with Crippen molar-refractivity contribution in [3.05, 3.63) is 53.9 Å². The normalized spacial score (nSPS) is 18.1. The minimum atomic E-state index is -4.77. The van der Waals surface area contributed by atoms with Gasteiger partial charge in [0.05, 0.1) is 17.2 Å². The molecular formula is C18H16F3N5O3S. The van der Waals surface area contributed by atoms with Crippen LogP contribution in [0, 0.1) is 11.3 Å². The number of sulfonamides is 1. The Morgan fingerprint density at radius 1 is 1.27 bits per heavy atom. The van der Waals surface area contributed by atoms with Gasteiger partial charge in [-0.15, -0.1) is 0 Å². The molecule has 0 saturated carbocycles. The molecular weight excluding hydrogens is 423 g/mol. The first-order valence-corrected chi connectivity index (χ1v) is 10.1. The lowest BCUT2D eigenvalue weighted by Crippen LogP contribution is -2.59. The zero-order chi connectivity index (χ0) is 22.1. The molecule has 2 N–H and O–H groups in total. The number of carbonyl (C=O) groups is 1. The number of pyridine rings is 1. The van der Waals surface area contributed by atoms with Gasteiger partial charge in [0.15, 0.2) is 0 Å². The summed E-state index contributed by atoms with van der Waals surface area (Å²) in [6.07, 6.45) is -2.20.